The molecule has 0 bridgehead atoms. The Balaban J connectivity index is 1.59. The number of hydrogen-bond acceptors (Lipinski definition) is 2. The second-order valence-corrected chi connectivity index (χ2v) is 8.54. The minimum atomic E-state index is -0.539. The minimum absolute atomic E-state index is 0.384. The van der Waals surface area contributed by atoms with Crippen LogP contribution in [0.25, 0.3) is 55.4 Å². The van der Waals surface area contributed by atoms with Gasteiger partial charge in [-0.05, 0) is 35.2 Å². The Morgan fingerprint density at radius 2 is 1.38 bits per heavy atom. The quantitative estimate of drug-likeness (QED) is 0.212. The Labute approximate surface area is 196 Å². The van der Waals surface area contributed by atoms with Crippen molar-refractivity contribution in [2.45, 2.75) is 6.92 Å². The van der Waals surface area contributed by atoms with Crippen molar-refractivity contribution in [1.82, 2.24) is 4.98 Å². The Kier molecular flexibility index (Phi) is 4.73. The summed E-state index contributed by atoms with van der Waals surface area (Å²) < 4.78 is 23.7. The fourth-order valence-corrected chi connectivity index (χ4v) is 4.68. The lowest BCUT2D eigenvalue weighted by Gasteiger charge is -2.06. The van der Waals surface area contributed by atoms with E-state index in [4.69, 9.17) is 4.42 Å². The predicted octanol–water partition coefficient (Wildman–Crippen LogP) is 7.25. The molecule has 3 aromatic heterocycles. The molecule has 0 spiro atoms. The highest BCUT2D eigenvalue weighted by molar-refractivity contribution is 6.12. The molecule has 0 radical (unpaired) electrons. The number of aryl methyl sites for hydroxylation is 2. The second-order valence-electron chi connectivity index (χ2n) is 8.54. The van der Waals surface area contributed by atoms with Crippen molar-refractivity contribution >= 4 is 21.9 Å². The lowest BCUT2D eigenvalue weighted by Crippen LogP contribution is -2.30. The molecule has 6 rings (SSSR count). The lowest BCUT2D eigenvalue weighted by atomic mass is 9.99. The van der Waals surface area contributed by atoms with Crippen LogP contribution in [0.1, 0.15) is 5.56 Å². The molecular weight excluding hydrogens is 423 g/mol. The van der Waals surface area contributed by atoms with Crippen molar-refractivity contribution in [2.24, 2.45) is 7.05 Å². The highest BCUT2D eigenvalue weighted by Gasteiger charge is 2.23. The topological polar surface area (TPSA) is 29.9 Å². The highest BCUT2D eigenvalue weighted by atomic mass is 19.1. The van der Waals surface area contributed by atoms with E-state index < -0.39 is 5.95 Å². The zero-order valence-corrected chi connectivity index (χ0v) is 18.9. The van der Waals surface area contributed by atoms with E-state index in [-0.39, 0.29) is 0 Å². The van der Waals surface area contributed by atoms with Gasteiger partial charge in [-0.2, -0.15) is 4.39 Å². The van der Waals surface area contributed by atoms with Crippen LogP contribution in [0.5, 0.6) is 0 Å². The number of rotatable bonds is 3. The molecule has 0 N–H and O–H groups in total. The molecule has 0 aliphatic heterocycles. The van der Waals surface area contributed by atoms with E-state index in [2.05, 4.69) is 40.7 Å². The fourth-order valence-electron chi connectivity index (χ4n) is 4.68. The lowest BCUT2D eigenvalue weighted by molar-refractivity contribution is -0.660. The van der Waals surface area contributed by atoms with Crippen LogP contribution in [-0.4, -0.2) is 4.98 Å². The molecule has 164 valence electrons. The SMILES string of the molecule is Cc1ccc2c(oc3c(-c4ccc(-c5ccccc5)cc4)c(F)ncc32)c1-c1cccc[n+]1C. The molecule has 3 nitrogen and oxygen atoms in total. The summed E-state index contributed by atoms with van der Waals surface area (Å²) in [5.41, 5.74) is 7.69. The number of aromatic nitrogens is 2. The zero-order chi connectivity index (χ0) is 23.2. The van der Waals surface area contributed by atoms with Crippen LogP contribution in [0, 0.1) is 12.9 Å². The molecule has 0 amide bonds. The van der Waals surface area contributed by atoms with Gasteiger partial charge in [0.15, 0.2) is 6.20 Å². The van der Waals surface area contributed by atoms with Crippen LogP contribution in [0.2, 0.25) is 0 Å². The first kappa shape index (κ1) is 20.3. The third-order valence-corrected chi connectivity index (χ3v) is 6.44. The Morgan fingerprint density at radius 1 is 0.706 bits per heavy atom. The number of nitrogens with zero attached hydrogens (tertiary/aromatic N) is 2. The van der Waals surface area contributed by atoms with E-state index in [0.717, 1.165) is 49.9 Å². The number of furan rings is 1. The summed E-state index contributed by atoms with van der Waals surface area (Å²) in [6.07, 6.45) is 3.58. The van der Waals surface area contributed by atoms with Gasteiger partial charge in [-0.25, -0.2) is 9.55 Å². The van der Waals surface area contributed by atoms with E-state index in [1.165, 1.54) is 0 Å². The third-order valence-electron chi connectivity index (χ3n) is 6.44. The molecule has 0 aliphatic rings. The number of benzene rings is 3. The van der Waals surface area contributed by atoms with Gasteiger partial charge >= 0.3 is 0 Å². The largest absolute Gasteiger partial charge is 0.454 e. The van der Waals surface area contributed by atoms with Gasteiger partial charge in [0, 0.05) is 29.1 Å². The maximum atomic E-state index is 15.1. The molecule has 0 fully saturated rings. The summed E-state index contributed by atoms with van der Waals surface area (Å²) in [6, 6.07) is 28.2. The van der Waals surface area contributed by atoms with Crippen LogP contribution in [0.4, 0.5) is 4.39 Å². The summed E-state index contributed by atoms with van der Waals surface area (Å²) in [6.45, 7) is 2.07. The Hall–Kier alpha value is -4.31. The molecule has 3 aromatic carbocycles. The van der Waals surface area contributed by atoms with Gasteiger partial charge in [0.2, 0.25) is 11.6 Å². The van der Waals surface area contributed by atoms with Gasteiger partial charge in [0.1, 0.15) is 18.2 Å². The van der Waals surface area contributed by atoms with Crippen LogP contribution >= 0.6 is 0 Å². The molecule has 0 aliphatic carbocycles. The number of halogens is 1. The molecule has 6 aromatic rings. The Morgan fingerprint density at radius 3 is 2.15 bits per heavy atom. The number of fused-ring (bicyclic) bond motifs is 3. The standard InChI is InChI=1S/C30H22FN2O/c1-19-11-16-23-24-18-32-30(31)27(22-14-12-21(13-15-22)20-8-4-3-5-9-20)29(24)34-28(23)26(19)25-10-6-7-17-33(25)2/h3-18H,1-2H3/q+1. The van der Waals surface area contributed by atoms with Crippen molar-refractivity contribution in [3.63, 3.8) is 0 Å². The molecule has 0 saturated carbocycles. The van der Waals surface area contributed by atoms with Crippen molar-refractivity contribution in [3.05, 3.63) is 109 Å². The molecule has 0 atom stereocenters. The highest BCUT2D eigenvalue weighted by Crippen LogP contribution is 2.41. The van der Waals surface area contributed by atoms with Crippen molar-refractivity contribution in [1.29, 1.82) is 0 Å². The summed E-state index contributed by atoms with van der Waals surface area (Å²) >= 11 is 0. The van der Waals surface area contributed by atoms with Crippen molar-refractivity contribution in [2.75, 3.05) is 0 Å². The van der Waals surface area contributed by atoms with E-state index in [0.29, 0.717) is 11.1 Å². The summed E-state index contributed by atoms with van der Waals surface area (Å²) in [4.78, 5) is 4.10. The van der Waals surface area contributed by atoms with Gasteiger partial charge in [0.05, 0.1) is 11.1 Å². The number of pyridine rings is 2. The third kappa shape index (κ3) is 3.19. The second kappa shape index (κ2) is 7.92. The molecule has 34 heavy (non-hydrogen) atoms. The molecule has 0 unspecified atom stereocenters. The predicted molar refractivity (Wildman–Crippen MR) is 134 cm³/mol. The van der Waals surface area contributed by atoms with E-state index in [9.17, 15) is 0 Å². The maximum Gasteiger partial charge on any atom is 0.224 e. The van der Waals surface area contributed by atoms with Gasteiger partial charge in [-0.15, -0.1) is 0 Å². The zero-order valence-electron chi connectivity index (χ0n) is 18.9. The van der Waals surface area contributed by atoms with Crippen LogP contribution in [0.3, 0.4) is 0 Å². The summed E-state index contributed by atoms with van der Waals surface area (Å²) in [5, 5.41) is 1.73. The summed E-state index contributed by atoms with van der Waals surface area (Å²) in [5.74, 6) is -0.539. The Bertz CT molecular complexity index is 1670. The van der Waals surface area contributed by atoms with E-state index in [1.807, 2.05) is 73.9 Å². The van der Waals surface area contributed by atoms with Gasteiger partial charge in [-0.1, -0.05) is 66.7 Å². The first-order valence-corrected chi connectivity index (χ1v) is 11.2. The first-order valence-electron chi connectivity index (χ1n) is 11.2. The monoisotopic (exact) mass is 445 g/mol. The summed E-state index contributed by atoms with van der Waals surface area (Å²) in [7, 11) is 2.01. The molecule has 4 heteroatoms. The van der Waals surface area contributed by atoms with Gasteiger partial charge < -0.3 is 4.42 Å². The smallest absolute Gasteiger partial charge is 0.224 e. The number of hydrogen-bond donors (Lipinski definition) is 0. The van der Waals surface area contributed by atoms with Crippen molar-refractivity contribution < 1.29 is 13.4 Å². The van der Waals surface area contributed by atoms with E-state index in [1.54, 1.807) is 6.20 Å². The van der Waals surface area contributed by atoms with Crippen molar-refractivity contribution in [3.8, 4) is 33.5 Å². The first-order chi connectivity index (χ1) is 16.6. The van der Waals surface area contributed by atoms with Crippen LogP contribution < -0.4 is 4.57 Å². The molecule has 3 heterocycles. The van der Waals surface area contributed by atoms with Gasteiger partial charge in [0.25, 0.3) is 0 Å². The normalized spacial score (nSPS) is 11.4. The fraction of sp³-hybridized carbons (Fsp3) is 0.0667. The molecule has 0 saturated heterocycles. The minimum Gasteiger partial charge on any atom is -0.454 e. The average molecular weight is 446 g/mol. The van der Waals surface area contributed by atoms with Crippen LogP contribution in [0.15, 0.2) is 102 Å². The van der Waals surface area contributed by atoms with E-state index >= 15 is 4.39 Å². The van der Waals surface area contributed by atoms with Gasteiger partial charge in [-0.3, -0.25) is 0 Å². The average Bonchev–Trinajstić information content (AvgIpc) is 3.24. The maximum absolute atomic E-state index is 15.1. The van der Waals surface area contributed by atoms with Crippen LogP contribution in [-0.2, 0) is 7.05 Å². The molecular formula is C30H22FN2O+.